The third kappa shape index (κ3) is 5.68. The molecule has 10 nitrogen and oxygen atoms in total. The van der Waals surface area contributed by atoms with E-state index in [1.54, 1.807) is 16.9 Å². The van der Waals surface area contributed by atoms with Crippen LogP contribution in [0.4, 0.5) is 8.78 Å². The highest BCUT2D eigenvalue weighted by Crippen LogP contribution is 2.47. The van der Waals surface area contributed by atoms with Crippen molar-refractivity contribution < 1.29 is 28.2 Å². The molecule has 0 bridgehead atoms. The van der Waals surface area contributed by atoms with E-state index in [0.717, 1.165) is 40.1 Å². The Labute approximate surface area is 259 Å². The number of carbonyl (C=O) groups excluding carboxylic acids is 1. The number of amides is 1. The number of fused-ring (bicyclic) bond motifs is 2. The lowest BCUT2D eigenvalue weighted by Gasteiger charge is -2.17. The van der Waals surface area contributed by atoms with Crippen molar-refractivity contribution in [2.24, 2.45) is 7.05 Å². The van der Waals surface area contributed by atoms with Crippen molar-refractivity contribution >= 4 is 38.2 Å². The molecule has 0 saturated heterocycles. The van der Waals surface area contributed by atoms with Gasteiger partial charge in [0.05, 0.1) is 47.9 Å². The van der Waals surface area contributed by atoms with E-state index in [0.29, 0.717) is 27.3 Å². The molecule has 0 fully saturated rings. The highest BCUT2D eigenvalue weighted by Gasteiger charge is 2.27. The summed E-state index contributed by atoms with van der Waals surface area (Å²) in [5.74, 6) is -2.14. The summed E-state index contributed by atoms with van der Waals surface area (Å²) in [4.78, 5) is 17.1. The molecule has 2 aromatic carbocycles. The Hall–Kier alpha value is -4.98. The van der Waals surface area contributed by atoms with Crippen LogP contribution >= 0.6 is 11.3 Å². The standard InChI is InChI=1S/C32H28F2N6O4S/c1-4-27(42)36-24(16-41)22-14-23(39-38-22)31-29(28-21(34)12-19(33)13-26(28)44-9-8-43-3)32-20(7-10-45-32)30(37-31)17-5-6-25-18(11-17)15-35-40(25)2/h4-7,10-15,24,41H,1,8-9,16H2,2-3H3,(H,36,42)(H,38,39)/t24-/m1/s1. The Kier molecular flexibility index (Phi) is 8.39. The normalized spacial score (nSPS) is 12.1. The number of aromatic nitrogens is 5. The number of halogens is 2. The number of nitrogens with zero attached hydrogens (tertiary/aromatic N) is 4. The van der Waals surface area contributed by atoms with Gasteiger partial charge in [-0.1, -0.05) is 12.6 Å². The van der Waals surface area contributed by atoms with E-state index in [-0.39, 0.29) is 30.2 Å². The van der Waals surface area contributed by atoms with Crippen LogP contribution in [0.15, 0.2) is 66.7 Å². The molecule has 0 aliphatic carbocycles. The largest absolute Gasteiger partial charge is 0.490 e. The lowest BCUT2D eigenvalue weighted by molar-refractivity contribution is -0.117. The smallest absolute Gasteiger partial charge is 0.243 e. The maximum atomic E-state index is 15.9. The molecule has 4 aromatic heterocycles. The second-order valence-corrected chi connectivity index (χ2v) is 11.1. The quantitative estimate of drug-likeness (QED) is 0.127. The lowest BCUT2D eigenvalue weighted by Crippen LogP contribution is -2.29. The Morgan fingerprint density at radius 2 is 2.02 bits per heavy atom. The summed E-state index contributed by atoms with van der Waals surface area (Å²) < 4.78 is 43.8. The lowest BCUT2D eigenvalue weighted by atomic mass is 9.96. The Morgan fingerprint density at radius 1 is 1.18 bits per heavy atom. The van der Waals surface area contributed by atoms with Gasteiger partial charge in [-0.2, -0.15) is 10.2 Å². The monoisotopic (exact) mass is 630 g/mol. The van der Waals surface area contributed by atoms with Crippen LogP contribution in [0.5, 0.6) is 5.75 Å². The molecule has 13 heteroatoms. The van der Waals surface area contributed by atoms with E-state index in [4.69, 9.17) is 14.5 Å². The molecule has 6 rings (SSSR count). The summed E-state index contributed by atoms with van der Waals surface area (Å²) in [6, 6.07) is 10.5. The van der Waals surface area contributed by atoms with Crippen molar-refractivity contribution in [3.8, 4) is 39.5 Å². The third-order valence-corrected chi connectivity index (χ3v) is 8.27. The van der Waals surface area contributed by atoms with Crippen LogP contribution in [0.1, 0.15) is 11.7 Å². The summed E-state index contributed by atoms with van der Waals surface area (Å²) in [5, 5.41) is 27.9. The van der Waals surface area contributed by atoms with Crippen LogP contribution in [-0.4, -0.2) is 62.9 Å². The van der Waals surface area contributed by atoms with Crippen molar-refractivity contribution in [2.75, 3.05) is 26.9 Å². The number of aliphatic hydroxyl groups is 1. The molecular formula is C32H28F2N6O4S. The number of nitrogens with one attached hydrogen (secondary N) is 2. The molecule has 3 N–H and O–H groups in total. The summed E-state index contributed by atoms with van der Waals surface area (Å²) in [6.07, 6.45) is 2.86. The number of methoxy groups -OCH3 is 1. The topological polar surface area (TPSA) is 127 Å². The van der Waals surface area contributed by atoms with E-state index in [1.807, 2.05) is 36.7 Å². The molecule has 230 valence electrons. The number of carbonyl (C=O) groups is 1. The molecule has 4 heterocycles. The number of rotatable bonds is 11. The fourth-order valence-electron chi connectivity index (χ4n) is 5.20. The average molecular weight is 631 g/mol. The maximum absolute atomic E-state index is 15.9. The van der Waals surface area contributed by atoms with E-state index < -0.39 is 30.2 Å². The van der Waals surface area contributed by atoms with Gasteiger partial charge in [0.1, 0.15) is 35.4 Å². The molecule has 0 aliphatic rings. The SMILES string of the molecule is C=CC(=O)N[C@H](CO)c1cc(-c2nc(-c3ccc4c(cnn4C)c3)c3ccsc3c2-c2c(F)cc(F)cc2OCCOC)n[nH]1. The Bertz CT molecular complexity index is 2050. The molecule has 0 unspecified atom stereocenters. The predicted molar refractivity (Wildman–Crippen MR) is 168 cm³/mol. The maximum Gasteiger partial charge on any atom is 0.243 e. The highest BCUT2D eigenvalue weighted by molar-refractivity contribution is 7.18. The minimum absolute atomic E-state index is 0.0138. The van der Waals surface area contributed by atoms with Gasteiger partial charge in [0, 0.05) is 52.9 Å². The highest BCUT2D eigenvalue weighted by atomic mass is 32.1. The first-order chi connectivity index (χ1) is 21.8. The van der Waals surface area contributed by atoms with Crippen molar-refractivity contribution in [2.45, 2.75) is 6.04 Å². The van der Waals surface area contributed by atoms with Crippen LogP contribution in [0.25, 0.3) is 54.8 Å². The molecule has 0 radical (unpaired) electrons. The Balaban J connectivity index is 1.62. The third-order valence-electron chi connectivity index (χ3n) is 7.34. The summed E-state index contributed by atoms with van der Waals surface area (Å²) >= 11 is 1.37. The molecule has 1 atom stereocenters. The number of hydrogen-bond donors (Lipinski definition) is 3. The van der Waals surface area contributed by atoms with Gasteiger partial charge in [-0.25, -0.2) is 13.8 Å². The minimum Gasteiger partial charge on any atom is -0.490 e. The van der Waals surface area contributed by atoms with Crippen molar-refractivity contribution in [3.63, 3.8) is 0 Å². The number of aliphatic hydroxyl groups excluding tert-OH is 1. The zero-order valence-corrected chi connectivity index (χ0v) is 25.1. The first-order valence-electron chi connectivity index (χ1n) is 13.9. The fraction of sp³-hybridized carbons (Fsp3) is 0.188. The number of ether oxygens (including phenoxy) is 2. The van der Waals surface area contributed by atoms with Crippen molar-refractivity contribution in [3.05, 3.63) is 84.0 Å². The molecule has 45 heavy (non-hydrogen) atoms. The molecule has 0 saturated carbocycles. The zero-order valence-electron chi connectivity index (χ0n) is 24.3. The van der Waals surface area contributed by atoms with Crippen LogP contribution in [-0.2, 0) is 16.6 Å². The van der Waals surface area contributed by atoms with E-state index in [2.05, 4.69) is 27.2 Å². The van der Waals surface area contributed by atoms with Gasteiger partial charge >= 0.3 is 0 Å². The van der Waals surface area contributed by atoms with Gasteiger partial charge in [0.15, 0.2) is 0 Å². The van der Waals surface area contributed by atoms with Gasteiger partial charge < -0.3 is 19.9 Å². The molecule has 1 amide bonds. The van der Waals surface area contributed by atoms with E-state index in [9.17, 15) is 14.3 Å². The Morgan fingerprint density at radius 3 is 2.80 bits per heavy atom. The number of aromatic amines is 1. The van der Waals surface area contributed by atoms with Crippen LogP contribution in [0.3, 0.4) is 0 Å². The molecule has 6 aromatic rings. The van der Waals surface area contributed by atoms with Crippen molar-refractivity contribution in [1.29, 1.82) is 0 Å². The molecular weight excluding hydrogens is 602 g/mol. The molecule has 0 spiro atoms. The number of benzene rings is 2. The van der Waals surface area contributed by atoms with Gasteiger partial charge in [-0.05, 0) is 35.7 Å². The second-order valence-electron chi connectivity index (χ2n) is 10.1. The van der Waals surface area contributed by atoms with E-state index in [1.165, 1.54) is 18.4 Å². The number of hydrogen-bond acceptors (Lipinski definition) is 8. The first-order valence-corrected chi connectivity index (χ1v) is 14.7. The van der Waals surface area contributed by atoms with Crippen molar-refractivity contribution in [1.82, 2.24) is 30.3 Å². The minimum atomic E-state index is -0.841. The van der Waals surface area contributed by atoms with Crippen LogP contribution in [0, 0.1) is 11.6 Å². The molecule has 0 aliphatic heterocycles. The number of H-pyrrole nitrogens is 1. The average Bonchev–Trinajstić information content (AvgIpc) is 3.80. The first kappa shape index (κ1) is 30.1. The summed E-state index contributed by atoms with van der Waals surface area (Å²) in [6.45, 7) is 3.29. The number of pyridine rings is 1. The van der Waals surface area contributed by atoms with Crippen LogP contribution in [0.2, 0.25) is 0 Å². The zero-order chi connectivity index (χ0) is 31.7. The predicted octanol–water partition coefficient (Wildman–Crippen LogP) is 5.55. The van der Waals surface area contributed by atoms with Gasteiger partial charge in [0.25, 0.3) is 0 Å². The second kappa shape index (κ2) is 12.6. The summed E-state index contributed by atoms with van der Waals surface area (Å²) in [7, 11) is 3.36. The number of thiophene rings is 1. The fourth-order valence-corrected chi connectivity index (χ4v) is 6.15. The summed E-state index contributed by atoms with van der Waals surface area (Å²) in [5.41, 5.74) is 3.69. The van der Waals surface area contributed by atoms with Gasteiger partial charge in [0.2, 0.25) is 5.91 Å². The number of aryl methyl sites for hydroxylation is 1. The van der Waals surface area contributed by atoms with Gasteiger partial charge in [-0.3, -0.25) is 14.6 Å². The van der Waals surface area contributed by atoms with Crippen LogP contribution < -0.4 is 10.1 Å². The van der Waals surface area contributed by atoms with Gasteiger partial charge in [-0.15, -0.1) is 11.3 Å². The van der Waals surface area contributed by atoms with E-state index >= 15 is 4.39 Å².